The maximum atomic E-state index is 9.62. The van der Waals surface area contributed by atoms with Gasteiger partial charge in [-0.2, -0.15) is 0 Å². The predicted molar refractivity (Wildman–Crippen MR) is 82.7 cm³/mol. The topological polar surface area (TPSA) is 61.2 Å². The van der Waals surface area contributed by atoms with Crippen LogP contribution < -0.4 is 0 Å². The molecule has 2 aromatic rings. The highest BCUT2D eigenvalue weighted by atomic mass is 16.3. The molecule has 4 nitrogen and oxygen atoms in total. The summed E-state index contributed by atoms with van der Waals surface area (Å²) in [5.74, 6) is 0.525. The summed E-state index contributed by atoms with van der Waals surface area (Å²) in [7, 11) is 1.97. The molecule has 4 rings (SSSR count). The van der Waals surface area contributed by atoms with Crippen molar-refractivity contribution in [2.24, 2.45) is 7.05 Å². The number of phenols is 2. The summed E-state index contributed by atoms with van der Waals surface area (Å²) < 4.78 is 1.98. The van der Waals surface area contributed by atoms with Gasteiger partial charge in [-0.05, 0) is 53.9 Å². The minimum Gasteiger partial charge on any atom is -0.508 e. The Labute approximate surface area is 121 Å². The number of benzene rings is 2. The molecule has 21 heavy (non-hydrogen) atoms. The molecule has 104 valence electrons. The fraction of sp³-hybridized carbons (Fsp3) is 0.0588. The molecule has 0 atom stereocenters. The van der Waals surface area contributed by atoms with Crippen LogP contribution in [-0.2, 0) is 7.05 Å². The molecule has 0 radical (unpaired) electrons. The number of nitrogens with one attached hydrogen (secondary N) is 1. The van der Waals surface area contributed by atoms with Gasteiger partial charge in [-0.1, -0.05) is 0 Å². The van der Waals surface area contributed by atoms with Crippen molar-refractivity contribution in [3.8, 4) is 34.0 Å². The summed E-state index contributed by atoms with van der Waals surface area (Å²) in [6, 6.07) is 14.6. The summed E-state index contributed by atoms with van der Waals surface area (Å²) >= 11 is 0. The van der Waals surface area contributed by atoms with Crippen LogP contribution in [0.3, 0.4) is 0 Å². The van der Waals surface area contributed by atoms with Gasteiger partial charge in [0.05, 0.1) is 11.4 Å². The van der Waals surface area contributed by atoms with Crippen molar-refractivity contribution in [1.82, 2.24) is 9.78 Å². The molecule has 0 bridgehead atoms. The van der Waals surface area contributed by atoms with E-state index >= 15 is 0 Å². The Balaban J connectivity index is 2.01. The van der Waals surface area contributed by atoms with Crippen molar-refractivity contribution in [3.63, 3.8) is 0 Å². The first-order chi connectivity index (χ1) is 10.1. The number of hydrogen-bond donors (Lipinski definition) is 3. The zero-order valence-electron chi connectivity index (χ0n) is 11.5. The largest absolute Gasteiger partial charge is 0.508 e. The van der Waals surface area contributed by atoms with Crippen LogP contribution in [0.5, 0.6) is 11.5 Å². The molecule has 1 aliphatic carbocycles. The van der Waals surface area contributed by atoms with Crippen LogP contribution in [-0.4, -0.2) is 20.0 Å². The first-order valence-corrected chi connectivity index (χ1v) is 6.73. The quantitative estimate of drug-likeness (QED) is 0.497. The first-order valence-electron chi connectivity index (χ1n) is 6.73. The number of aryl methyl sites for hydroxylation is 1. The minimum atomic E-state index is 0.255. The summed E-state index contributed by atoms with van der Waals surface area (Å²) in [6.07, 6.45) is 0. The Morgan fingerprint density at radius 2 is 1.62 bits per heavy atom. The molecule has 0 saturated heterocycles. The molecule has 0 saturated carbocycles. The Kier molecular flexibility index (Phi) is 2.30. The fourth-order valence-corrected chi connectivity index (χ4v) is 2.95. The van der Waals surface area contributed by atoms with Gasteiger partial charge in [-0.25, -0.2) is 0 Å². The summed E-state index contributed by atoms with van der Waals surface area (Å²) in [4.78, 5) is 0. The smallest absolute Gasteiger partial charge is 0.116 e. The second-order valence-electron chi connectivity index (χ2n) is 5.27. The zero-order chi connectivity index (χ0) is 14.6. The average molecular weight is 278 g/mol. The van der Waals surface area contributed by atoms with E-state index in [0.717, 1.165) is 33.3 Å². The summed E-state index contributed by atoms with van der Waals surface area (Å²) in [5.41, 5.74) is 4.24. The number of fused-ring (bicyclic) bond motifs is 3. The Morgan fingerprint density at radius 1 is 0.905 bits per heavy atom. The number of aromatic hydroxyl groups is 2. The normalized spacial score (nSPS) is 11.5. The molecule has 2 aliphatic rings. The van der Waals surface area contributed by atoms with Gasteiger partial charge in [-0.3, -0.25) is 9.78 Å². The van der Waals surface area contributed by atoms with E-state index in [2.05, 4.69) is 11.2 Å². The van der Waals surface area contributed by atoms with Gasteiger partial charge in [0.15, 0.2) is 0 Å². The summed E-state index contributed by atoms with van der Waals surface area (Å²) in [6.45, 7) is 0. The van der Waals surface area contributed by atoms with Crippen molar-refractivity contribution in [3.05, 3.63) is 48.5 Å². The monoisotopic (exact) mass is 278 g/mol. The number of rotatable bonds is 1. The molecule has 0 unspecified atom stereocenters. The van der Waals surface area contributed by atoms with Gasteiger partial charge in [0.1, 0.15) is 11.5 Å². The molecule has 0 fully saturated rings. The third kappa shape index (κ3) is 1.69. The second kappa shape index (κ2) is 4.06. The van der Waals surface area contributed by atoms with Crippen molar-refractivity contribution < 1.29 is 10.2 Å². The molecule has 3 N–H and O–H groups in total. The molecular formula is C17H14N2O2. The Morgan fingerprint density at radius 3 is 2.38 bits per heavy atom. The Hall–Kier alpha value is -2.88. The first kappa shape index (κ1) is 11.9. The molecule has 2 aromatic carbocycles. The van der Waals surface area contributed by atoms with E-state index in [9.17, 15) is 10.2 Å². The lowest BCUT2D eigenvalue weighted by atomic mass is 10.1. The van der Waals surface area contributed by atoms with Gasteiger partial charge in [0, 0.05) is 23.6 Å². The highest BCUT2D eigenvalue weighted by molar-refractivity contribution is 6.05. The van der Waals surface area contributed by atoms with Gasteiger partial charge < -0.3 is 10.2 Å². The molecule has 4 heteroatoms. The third-order valence-electron chi connectivity index (χ3n) is 3.88. The van der Waals surface area contributed by atoms with Crippen LogP contribution in [0.1, 0.15) is 0 Å². The molecule has 0 aromatic heterocycles. The number of aromatic amines is 1. The van der Waals surface area contributed by atoms with Crippen molar-refractivity contribution in [2.75, 3.05) is 0 Å². The van der Waals surface area contributed by atoms with Gasteiger partial charge in [0.2, 0.25) is 0 Å². The third-order valence-corrected chi connectivity index (χ3v) is 3.88. The van der Waals surface area contributed by atoms with E-state index in [1.807, 2.05) is 29.9 Å². The average Bonchev–Trinajstić information content (AvgIpc) is 2.94. The van der Waals surface area contributed by atoms with E-state index in [4.69, 9.17) is 0 Å². The lowest BCUT2D eigenvalue weighted by Gasteiger charge is -2.04. The molecule has 1 heterocycles. The maximum Gasteiger partial charge on any atom is 0.116 e. The number of aromatic nitrogens is 2. The van der Waals surface area contributed by atoms with Crippen molar-refractivity contribution in [2.45, 2.75) is 0 Å². The van der Waals surface area contributed by atoms with Gasteiger partial charge >= 0.3 is 0 Å². The predicted octanol–water partition coefficient (Wildman–Crippen LogP) is 3.69. The van der Waals surface area contributed by atoms with Crippen molar-refractivity contribution >= 4 is 10.8 Å². The van der Waals surface area contributed by atoms with Crippen LogP contribution in [0.2, 0.25) is 0 Å². The second-order valence-corrected chi connectivity index (χ2v) is 5.27. The molecule has 1 aliphatic heterocycles. The van der Waals surface area contributed by atoms with Crippen LogP contribution in [0, 0.1) is 0 Å². The summed E-state index contributed by atoms with van der Waals surface area (Å²) in [5, 5.41) is 24.5. The van der Waals surface area contributed by atoms with Crippen LogP contribution in [0.25, 0.3) is 33.3 Å². The fourth-order valence-electron chi connectivity index (χ4n) is 2.95. The minimum absolute atomic E-state index is 0.255. The van der Waals surface area contributed by atoms with Gasteiger partial charge in [0.25, 0.3) is 0 Å². The maximum absolute atomic E-state index is 9.62. The molecule has 0 amide bonds. The van der Waals surface area contributed by atoms with E-state index in [1.165, 1.54) is 0 Å². The molecular weight excluding hydrogens is 264 g/mol. The number of phenolic OH excluding ortho intramolecular Hbond substituents is 2. The van der Waals surface area contributed by atoms with E-state index in [-0.39, 0.29) is 11.5 Å². The number of hydrogen-bond acceptors (Lipinski definition) is 2. The van der Waals surface area contributed by atoms with Crippen LogP contribution >= 0.6 is 0 Å². The number of H-pyrrole nitrogens is 1. The standard InChI is InChI=1S/C17H14N2O2/c1-19-17(10-2-4-12(20)5-3-10)15-9-11-8-13(21)6-7-14(11)16(15)18-19/h2-9,18,20-21H,1H3. The lowest BCUT2D eigenvalue weighted by molar-refractivity contribution is 0.475. The number of nitrogens with zero attached hydrogens (tertiary/aromatic N) is 1. The Bertz CT molecular complexity index is 916. The SMILES string of the molecule is Cn1[nH]c2c3ccc(O)cc3cc-2c1-c1ccc(O)cc1. The zero-order valence-corrected chi connectivity index (χ0v) is 11.5. The highest BCUT2D eigenvalue weighted by Crippen LogP contribution is 2.41. The van der Waals surface area contributed by atoms with Crippen LogP contribution in [0.4, 0.5) is 0 Å². The van der Waals surface area contributed by atoms with E-state index in [1.54, 1.807) is 24.3 Å². The van der Waals surface area contributed by atoms with E-state index in [0.29, 0.717) is 0 Å². The lowest BCUT2D eigenvalue weighted by Crippen LogP contribution is -1.93. The van der Waals surface area contributed by atoms with Crippen molar-refractivity contribution in [1.29, 1.82) is 0 Å². The van der Waals surface area contributed by atoms with Crippen LogP contribution in [0.15, 0.2) is 48.5 Å². The van der Waals surface area contributed by atoms with E-state index < -0.39 is 0 Å². The molecule has 0 spiro atoms. The highest BCUT2D eigenvalue weighted by Gasteiger charge is 2.20. The van der Waals surface area contributed by atoms with Gasteiger partial charge in [-0.15, -0.1) is 0 Å².